The van der Waals surface area contributed by atoms with Crippen molar-refractivity contribution in [3.63, 3.8) is 0 Å². The smallest absolute Gasteiger partial charge is 0.341 e. The van der Waals surface area contributed by atoms with Gasteiger partial charge in [-0.25, -0.2) is 4.79 Å². The van der Waals surface area contributed by atoms with E-state index in [9.17, 15) is 9.90 Å². The van der Waals surface area contributed by atoms with Gasteiger partial charge in [-0.3, -0.25) is 4.68 Å². The number of rotatable bonds is 5. The maximum Gasteiger partial charge on any atom is 0.341 e. The lowest BCUT2D eigenvalue weighted by molar-refractivity contribution is 0.0696. The van der Waals surface area contributed by atoms with Gasteiger partial charge in [-0.1, -0.05) is 0 Å². The van der Waals surface area contributed by atoms with Crippen LogP contribution in [0.2, 0.25) is 0 Å². The zero-order valence-corrected chi connectivity index (χ0v) is 10.6. The molecular formula is C12H19N3O2. The third kappa shape index (κ3) is 2.28. The van der Waals surface area contributed by atoms with E-state index in [1.165, 1.54) is 12.8 Å². The molecule has 0 radical (unpaired) electrons. The first kappa shape index (κ1) is 12.0. The summed E-state index contributed by atoms with van der Waals surface area (Å²) in [6.45, 7) is 5.56. The fraction of sp³-hybridized carbons (Fsp3) is 0.667. The lowest BCUT2D eigenvalue weighted by Gasteiger charge is -2.23. The number of hydrogen-bond acceptors (Lipinski definition) is 3. The van der Waals surface area contributed by atoms with Crippen molar-refractivity contribution < 1.29 is 9.90 Å². The van der Waals surface area contributed by atoms with Crippen molar-refractivity contribution in [1.29, 1.82) is 0 Å². The molecule has 94 valence electrons. The van der Waals surface area contributed by atoms with E-state index in [0.717, 1.165) is 24.8 Å². The standard InChI is InChI=1S/C12H19N3O2/c1-4-15(7-9-5-6-9)11-10(12(16)17)8(2)13-14(11)3/h9H,4-7H2,1-3H3,(H,16,17). The van der Waals surface area contributed by atoms with Gasteiger partial charge in [0, 0.05) is 20.1 Å². The van der Waals surface area contributed by atoms with Crippen molar-refractivity contribution in [1.82, 2.24) is 9.78 Å². The number of aromatic carboxylic acids is 1. The summed E-state index contributed by atoms with van der Waals surface area (Å²) in [5.41, 5.74) is 0.930. The first-order valence-corrected chi connectivity index (χ1v) is 6.06. The Labute approximate surface area is 101 Å². The predicted octanol–water partition coefficient (Wildman–Crippen LogP) is 1.66. The molecule has 1 aliphatic rings. The van der Waals surface area contributed by atoms with Gasteiger partial charge < -0.3 is 10.0 Å². The van der Waals surface area contributed by atoms with Crippen LogP contribution in [0.15, 0.2) is 0 Å². The minimum Gasteiger partial charge on any atom is -0.477 e. The van der Waals surface area contributed by atoms with Crippen molar-refractivity contribution in [2.24, 2.45) is 13.0 Å². The van der Waals surface area contributed by atoms with Crippen LogP contribution in [0.5, 0.6) is 0 Å². The number of nitrogens with zero attached hydrogens (tertiary/aromatic N) is 3. The Kier molecular flexibility index (Phi) is 3.09. The molecule has 1 N–H and O–H groups in total. The number of carboxylic acid groups (broad SMARTS) is 1. The molecule has 0 aromatic carbocycles. The van der Waals surface area contributed by atoms with Crippen LogP contribution in [-0.4, -0.2) is 33.9 Å². The van der Waals surface area contributed by atoms with E-state index in [1.54, 1.807) is 11.6 Å². The molecule has 1 heterocycles. The molecule has 0 aliphatic heterocycles. The number of aromatic nitrogens is 2. The molecule has 17 heavy (non-hydrogen) atoms. The normalized spacial score (nSPS) is 15.0. The van der Waals surface area contributed by atoms with Crippen LogP contribution in [0.4, 0.5) is 5.82 Å². The minimum atomic E-state index is -0.889. The summed E-state index contributed by atoms with van der Waals surface area (Å²) in [5, 5.41) is 13.5. The Bertz CT molecular complexity index is 435. The summed E-state index contributed by atoms with van der Waals surface area (Å²) in [5.74, 6) is 0.580. The van der Waals surface area contributed by atoms with Gasteiger partial charge >= 0.3 is 5.97 Å². The summed E-state index contributed by atoms with van der Waals surface area (Å²) in [6, 6.07) is 0. The Hall–Kier alpha value is -1.52. The molecular weight excluding hydrogens is 218 g/mol. The number of anilines is 1. The van der Waals surface area contributed by atoms with Crippen LogP contribution in [0, 0.1) is 12.8 Å². The Morgan fingerprint density at radius 3 is 2.71 bits per heavy atom. The van der Waals surface area contributed by atoms with Crippen molar-refractivity contribution in [2.75, 3.05) is 18.0 Å². The fourth-order valence-corrected chi connectivity index (χ4v) is 2.24. The highest BCUT2D eigenvalue weighted by molar-refractivity contribution is 5.94. The molecule has 5 nitrogen and oxygen atoms in total. The van der Waals surface area contributed by atoms with Crippen LogP contribution in [0.25, 0.3) is 0 Å². The van der Waals surface area contributed by atoms with Crippen LogP contribution in [0.1, 0.15) is 35.8 Å². The summed E-state index contributed by atoms with van der Waals surface area (Å²) in [4.78, 5) is 13.4. The number of carboxylic acids is 1. The molecule has 1 aromatic rings. The van der Waals surface area contributed by atoms with Crippen LogP contribution in [-0.2, 0) is 7.05 Å². The van der Waals surface area contributed by atoms with Gasteiger partial charge in [-0.05, 0) is 32.6 Å². The average molecular weight is 237 g/mol. The van der Waals surface area contributed by atoms with E-state index in [-0.39, 0.29) is 0 Å². The highest BCUT2D eigenvalue weighted by Gasteiger charge is 2.28. The second-order valence-electron chi connectivity index (χ2n) is 4.69. The zero-order chi connectivity index (χ0) is 12.6. The fourth-order valence-electron chi connectivity index (χ4n) is 2.24. The van der Waals surface area contributed by atoms with Gasteiger partial charge in [0.05, 0.1) is 5.69 Å². The average Bonchev–Trinajstić information content (AvgIpc) is 3.00. The minimum absolute atomic E-state index is 0.343. The molecule has 0 saturated heterocycles. The lowest BCUT2D eigenvalue weighted by Crippen LogP contribution is -2.28. The molecule has 0 bridgehead atoms. The maximum atomic E-state index is 11.3. The van der Waals surface area contributed by atoms with E-state index in [0.29, 0.717) is 11.3 Å². The summed E-state index contributed by atoms with van der Waals surface area (Å²) in [6.07, 6.45) is 2.52. The van der Waals surface area contributed by atoms with Gasteiger partial charge in [0.1, 0.15) is 11.4 Å². The highest BCUT2D eigenvalue weighted by Crippen LogP contribution is 2.32. The highest BCUT2D eigenvalue weighted by atomic mass is 16.4. The lowest BCUT2D eigenvalue weighted by atomic mass is 10.2. The molecule has 2 rings (SSSR count). The Morgan fingerprint density at radius 1 is 1.59 bits per heavy atom. The van der Waals surface area contributed by atoms with E-state index in [4.69, 9.17) is 0 Å². The molecule has 5 heteroatoms. The largest absolute Gasteiger partial charge is 0.477 e. The van der Waals surface area contributed by atoms with Crippen LogP contribution < -0.4 is 4.90 Å². The van der Waals surface area contributed by atoms with Gasteiger partial charge in [0.2, 0.25) is 0 Å². The monoisotopic (exact) mass is 237 g/mol. The molecule has 0 atom stereocenters. The third-order valence-corrected chi connectivity index (χ3v) is 3.26. The Morgan fingerprint density at radius 2 is 2.24 bits per heavy atom. The number of hydrogen-bond donors (Lipinski definition) is 1. The second kappa shape index (κ2) is 4.39. The molecule has 1 aliphatic carbocycles. The second-order valence-corrected chi connectivity index (χ2v) is 4.69. The summed E-state index contributed by atoms with van der Waals surface area (Å²) < 4.78 is 1.69. The van der Waals surface area contributed by atoms with Crippen LogP contribution >= 0.6 is 0 Å². The SMILES string of the molecule is CCN(CC1CC1)c1c(C(=O)O)c(C)nn1C. The van der Waals surface area contributed by atoms with Crippen molar-refractivity contribution in [3.05, 3.63) is 11.3 Å². The van der Waals surface area contributed by atoms with Crippen molar-refractivity contribution >= 4 is 11.8 Å². The Balaban J connectivity index is 2.36. The first-order chi connectivity index (χ1) is 8.04. The zero-order valence-electron chi connectivity index (χ0n) is 10.6. The third-order valence-electron chi connectivity index (χ3n) is 3.26. The topological polar surface area (TPSA) is 58.4 Å². The van der Waals surface area contributed by atoms with E-state index >= 15 is 0 Å². The van der Waals surface area contributed by atoms with Crippen molar-refractivity contribution in [2.45, 2.75) is 26.7 Å². The van der Waals surface area contributed by atoms with Gasteiger partial charge in [-0.15, -0.1) is 0 Å². The van der Waals surface area contributed by atoms with E-state index in [2.05, 4.69) is 16.9 Å². The maximum absolute atomic E-state index is 11.3. The van der Waals surface area contributed by atoms with Gasteiger partial charge in [0.15, 0.2) is 0 Å². The van der Waals surface area contributed by atoms with E-state index in [1.807, 2.05) is 7.05 Å². The van der Waals surface area contributed by atoms with E-state index < -0.39 is 5.97 Å². The van der Waals surface area contributed by atoms with Crippen molar-refractivity contribution in [3.8, 4) is 0 Å². The van der Waals surface area contributed by atoms with Gasteiger partial charge in [-0.2, -0.15) is 5.10 Å². The summed E-state index contributed by atoms with van der Waals surface area (Å²) >= 11 is 0. The molecule has 1 fully saturated rings. The molecule has 0 amide bonds. The molecule has 1 aromatic heterocycles. The molecule has 1 saturated carbocycles. The molecule has 0 unspecified atom stereocenters. The first-order valence-electron chi connectivity index (χ1n) is 6.06. The quantitative estimate of drug-likeness (QED) is 0.846. The summed E-state index contributed by atoms with van der Waals surface area (Å²) in [7, 11) is 1.81. The van der Waals surface area contributed by atoms with Gasteiger partial charge in [0.25, 0.3) is 0 Å². The molecule has 0 spiro atoms. The number of aryl methyl sites for hydroxylation is 2. The van der Waals surface area contributed by atoms with Crippen LogP contribution in [0.3, 0.4) is 0 Å². The number of carbonyl (C=O) groups is 1. The predicted molar refractivity (Wildman–Crippen MR) is 65.5 cm³/mol.